The topological polar surface area (TPSA) is 112 Å². The SMILES string of the molecule is CC(CNS(=O)(=O)c1c[nH]c(C(=O)O)c1)c1nccs1. The van der Waals surface area contributed by atoms with E-state index in [2.05, 4.69) is 14.7 Å². The largest absolute Gasteiger partial charge is 0.477 e. The number of hydrogen-bond donors (Lipinski definition) is 3. The minimum atomic E-state index is -3.73. The van der Waals surface area contributed by atoms with Crippen LogP contribution in [0.5, 0.6) is 0 Å². The van der Waals surface area contributed by atoms with Crippen LogP contribution in [0.1, 0.15) is 28.3 Å². The van der Waals surface area contributed by atoms with Crippen molar-refractivity contribution in [2.45, 2.75) is 17.7 Å². The van der Waals surface area contributed by atoms with E-state index in [-0.39, 0.29) is 23.1 Å². The quantitative estimate of drug-likeness (QED) is 0.742. The predicted octanol–water partition coefficient (Wildman–Crippen LogP) is 1.25. The summed E-state index contributed by atoms with van der Waals surface area (Å²) in [7, 11) is -3.73. The molecule has 0 saturated heterocycles. The highest BCUT2D eigenvalue weighted by molar-refractivity contribution is 7.89. The van der Waals surface area contributed by atoms with Gasteiger partial charge in [0.2, 0.25) is 10.0 Å². The summed E-state index contributed by atoms with van der Waals surface area (Å²) in [6.45, 7) is 2.06. The Bertz CT molecular complexity index is 691. The molecule has 9 heteroatoms. The first-order valence-electron chi connectivity index (χ1n) is 5.71. The van der Waals surface area contributed by atoms with Gasteiger partial charge in [0.25, 0.3) is 0 Å². The number of hydrogen-bond acceptors (Lipinski definition) is 5. The van der Waals surface area contributed by atoms with E-state index < -0.39 is 16.0 Å². The molecule has 0 saturated carbocycles. The molecule has 1 atom stereocenters. The van der Waals surface area contributed by atoms with Crippen molar-refractivity contribution < 1.29 is 18.3 Å². The highest BCUT2D eigenvalue weighted by atomic mass is 32.2. The monoisotopic (exact) mass is 315 g/mol. The number of carbonyl (C=O) groups is 1. The zero-order chi connectivity index (χ0) is 14.8. The van der Waals surface area contributed by atoms with Crippen LogP contribution in [0.4, 0.5) is 0 Å². The molecule has 7 nitrogen and oxygen atoms in total. The van der Waals surface area contributed by atoms with E-state index in [1.165, 1.54) is 11.3 Å². The fraction of sp³-hybridized carbons (Fsp3) is 0.273. The Morgan fingerprint density at radius 2 is 2.35 bits per heavy atom. The number of nitrogens with zero attached hydrogens (tertiary/aromatic N) is 1. The van der Waals surface area contributed by atoms with Crippen molar-refractivity contribution >= 4 is 27.3 Å². The third-order valence-corrected chi connectivity index (χ3v) is 5.06. The van der Waals surface area contributed by atoms with Crippen molar-refractivity contribution in [2.75, 3.05) is 6.54 Å². The fourth-order valence-electron chi connectivity index (χ4n) is 1.54. The first-order chi connectivity index (χ1) is 9.40. The van der Waals surface area contributed by atoms with Gasteiger partial charge in [-0.3, -0.25) is 0 Å². The van der Waals surface area contributed by atoms with Gasteiger partial charge < -0.3 is 10.1 Å². The van der Waals surface area contributed by atoms with Crippen LogP contribution in [-0.4, -0.2) is 36.0 Å². The summed E-state index contributed by atoms with van der Waals surface area (Å²) >= 11 is 1.46. The van der Waals surface area contributed by atoms with Gasteiger partial charge in [-0.15, -0.1) is 11.3 Å². The lowest BCUT2D eigenvalue weighted by Crippen LogP contribution is -2.27. The van der Waals surface area contributed by atoms with Crippen LogP contribution in [0, 0.1) is 0 Å². The van der Waals surface area contributed by atoms with Gasteiger partial charge in [0.05, 0.1) is 5.01 Å². The summed E-state index contributed by atoms with van der Waals surface area (Å²) in [6, 6.07) is 1.08. The van der Waals surface area contributed by atoms with E-state index in [1.807, 2.05) is 12.3 Å². The van der Waals surface area contributed by atoms with Crippen LogP contribution in [0.25, 0.3) is 0 Å². The maximum atomic E-state index is 12.0. The Morgan fingerprint density at radius 1 is 1.60 bits per heavy atom. The average molecular weight is 315 g/mol. The van der Waals surface area contributed by atoms with E-state index in [1.54, 1.807) is 6.20 Å². The average Bonchev–Trinajstić information content (AvgIpc) is 3.06. The van der Waals surface area contributed by atoms with Crippen molar-refractivity contribution in [3.05, 3.63) is 34.5 Å². The highest BCUT2D eigenvalue weighted by Gasteiger charge is 2.19. The summed E-state index contributed by atoms with van der Waals surface area (Å²) in [4.78, 5) is 17.1. The van der Waals surface area contributed by atoms with E-state index >= 15 is 0 Å². The van der Waals surface area contributed by atoms with Gasteiger partial charge in [-0.2, -0.15) is 0 Å². The summed E-state index contributed by atoms with van der Waals surface area (Å²) < 4.78 is 26.4. The minimum absolute atomic E-state index is 0.0531. The zero-order valence-corrected chi connectivity index (χ0v) is 12.2. The molecule has 2 rings (SSSR count). The Labute approximate surface area is 119 Å². The molecule has 1 unspecified atom stereocenters. The Morgan fingerprint density at radius 3 is 2.90 bits per heavy atom. The number of rotatable bonds is 6. The van der Waals surface area contributed by atoms with Gasteiger partial charge in [-0.1, -0.05) is 6.92 Å². The molecule has 0 aromatic carbocycles. The van der Waals surface area contributed by atoms with E-state index in [0.717, 1.165) is 17.3 Å². The molecule has 0 amide bonds. The second kappa shape index (κ2) is 5.73. The number of nitrogens with one attached hydrogen (secondary N) is 2. The van der Waals surface area contributed by atoms with Gasteiger partial charge >= 0.3 is 5.97 Å². The molecule has 0 spiro atoms. The van der Waals surface area contributed by atoms with E-state index in [9.17, 15) is 13.2 Å². The zero-order valence-electron chi connectivity index (χ0n) is 10.5. The number of H-pyrrole nitrogens is 1. The van der Waals surface area contributed by atoms with Crippen molar-refractivity contribution in [3.8, 4) is 0 Å². The van der Waals surface area contributed by atoms with Crippen molar-refractivity contribution in [1.29, 1.82) is 0 Å². The standard InChI is InChI=1S/C11H13N3O4S2/c1-7(10-12-2-3-19-10)5-14-20(17,18)8-4-9(11(15)16)13-6-8/h2-4,6-7,13-14H,5H2,1H3,(H,15,16). The fourth-order valence-corrected chi connectivity index (χ4v) is 3.36. The highest BCUT2D eigenvalue weighted by Crippen LogP contribution is 2.18. The van der Waals surface area contributed by atoms with Crippen LogP contribution in [0.3, 0.4) is 0 Å². The van der Waals surface area contributed by atoms with Crippen molar-refractivity contribution in [2.24, 2.45) is 0 Å². The van der Waals surface area contributed by atoms with Gasteiger partial charge in [0.15, 0.2) is 0 Å². The number of aromatic amines is 1. The maximum absolute atomic E-state index is 12.0. The van der Waals surface area contributed by atoms with Gasteiger partial charge in [-0.05, 0) is 6.07 Å². The second-order valence-electron chi connectivity index (χ2n) is 4.18. The third kappa shape index (κ3) is 3.24. The summed E-state index contributed by atoms with van der Waals surface area (Å²) in [5, 5.41) is 11.4. The molecular formula is C11H13N3O4S2. The second-order valence-corrected chi connectivity index (χ2v) is 6.87. The summed E-state index contributed by atoms with van der Waals surface area (Å²) in [5.74, 6) is -1.26. The molecule has 2 aromatic heterocycles. The smallest absolute Gasteiger partial charge is 0.352 e. The van der Waals surface area contributed by atoms with E-state index in [4.69, 9.17) is 5.11 Å². The lowest BCUT2D eigenvalue weighted by Gasteiger charge is -2.09. The molecule has 3 N–H and O–H groups in total. The molecule has 0 radical (unpaired) electrons. The van der Waals surface area contributed by atoms with Crippen molar-refractivity contribution in [1.82, 2.24) is 14.7 Å². The van der Waals surface area contributed by atoms with E-state index in [0.29, 0.717) is 0 Å². The molecule has 20 heavy (non-hydrogen) atoms. The predicted molar refractivity (Wildman–Crippen MR) is 73.5 cm³/mol. The molecule has 108 valence electrons. The van der Waals surface area contributed by atoms with Crippen LogP contribution in [0.2, 0.25) is 0 Å². The van der Waals surface area contributed by atoms with Crippen LogP contribution >= 0.6 is 11.3 Å². The molecule has 0 aliphatic carbocycles. The molecule has 2 heterocycles. The minimum Gasteiger partial charge on any atom is -0.477 e. The molecular weight excluding hydrogens is 302 g/mol. The molecule has 0 fully saturated rings. The Balaban J connectivity index is 2.05. The van der Waals surface area contributed by atoms with Gasteiger partial charge in [0.1, 0.15) is 10.6 Å². The first-order valence-corrected chi connectivity index (χ1v) is 8.07. The number of carboxylic acids is 1. The summed E-state index contributed by atoms with van der Waals surface area (Å²) in [5.41, 5.74) is -0.168. The van der Waals surface area contributed by atoms with Gasteiger partial charge in [-0.25, -0.2) is 22.9 Å². The van der Waals surface area contributed by atoms with Crippen LogP contribution in [0.15, 0.2) is 28.7 Å². The Kier molecular flexibility index (Phi) is 4.21. The third-order valence-electron chi connectivity index (χ3n) is 2.65. The number of aromatic carboxylic acids is 1. The van der Waals surface area contributed by atoms with Gasteiger partial charge in [0, 0.05) is 30.2 Å². The normalized spacial score (nSPS) is 13.2. The summed E-state index contributed by atoms with van der Waals surface area (Å²) in [6.07, 6.45) is 2.82. The molecule has 0 bridgehead atoms. The molecule has 0 aliphatic rings. The molecule has 2 aromatic rings. The number of aromatic nitrogens is 2. The number of sulfonamides is 1. The maximum Gasteiger partial charge on any atom is 0.352 e. The molecule has 0 aliphatic heterocycles. The van der Waals surface area contributed by atoms with Crippen LogP contribution in [-0.2, 0) is 10.0 Å². The lowest BCUT2D eigenvalue weighted by atomic mass is 10.2. The Hall–Kier alpha value is -1.71. The van der Waals surface area contributed by atoms with Crippen molar-refractivity contribution in [3.63, 3.8) is 0 Å². The number of thiazole rings is 1. The number of carboxylic acid groups (broad SMARTS) is 1. The van der Waals surface area contributed by atoms with Crippen LogP contribution < -0.4 is 4.72 Å². The lowest BCUT2D eigenvalue weighted by molar-refractivity contribution is 0.0691. The first kappa shape index (κ1) is 14.7.